The molecule has 2 rings (SSSR count). The predicted molar refractivity (Wildman–Crippen MR) is 61.8 cm³/mol. The Balaban J connectivity index is 2.60. The van der Waals surface area contributed by atoms with Gasteiger partial charge in [-0.25, -0.2) is 0 Å². The molecule has 88 valence electrons. The summed E-state index contributed by atoms with van der Waals surface area (Å²) in [6.07, 6.45) is 0. The van der Waals surface area contributed by atoms with E-state index in [0.29, 0.717) is 17.5 Å². The SMILES string of the molecule is CCOc1nc(N)c2cc([N+](=O)[O-])ccc2n1. The second kappa shape index (κ2) is 4.20. The average molecular weight is 234 g/mol. The Bertz CT molecular complexity index is 585. The number of nitro groups is 1. The van der Waals surface area contributed by atoms with Gasteiger partial charge in [0.25, 0.3) is 5.69 Å². The number of rotatable bonds is 3. The van der Waals surface area contributed by atoms with Gasteiger partial charge in [-0.2, -0.15) is 9.97 Å². The summed E-state index contributed by atoms with van der Waals surface area (Å²) in [5.74, 6) is 0.169. The maximum atomic E-state index is 10.6. The first-order valence-electron chi connectivity index (χ1n) is 4.96. The first kappa shape index (κ1) is 11.1. The van der Waals surface area contributed by atoms with E-state index >= 15 is 0 Å². The second-order valence-corrected chi connectivity index (χ2v) is 3.28. The molecule has 2 aromatic rings. The van der Waals surface area contributed by atoms with Crippen molar-refractivity contribution in [2.24, 2.45) is 0 Å². The van der Waals surface area contributed by atoms with Crippen LogP contribution < -0.4 is 10.5 Å². The lowest BCUT2D eigenvalue weighted by Gasteiger charge is -2.04. The molecule has 2 N–H and O–H groups in total. The van der Waals surface area contributed by atoms with E-state index in [1.54, 1.807) is 6.92 Å². The van der Waals surface area contributed by atoms with Gasteiger partial charge in [0.05, 0.1) is 17.0 Å². The van der Waals surface area contributed by atoms with Crippen LogP contribution in [0.5, 0.6) is 6.01 Å². The molecule has 0 atom stereocenters. The van der Waals surface area contributed by atoms with Gasteiger partial charge in [-0.1, -0.05) is 0 Å². The third kappa shape index (κ3) is 2.07. The van der Waals surface area contributed by atoms with E-state index < -0.39 is 4.92 Å². The van der Waals surface area contributed by atoms with Crippen LogP contribution >= 0.6 is 0 Å². The van der Waals surface area contributed by atoms with Gasteiger partial charge in [0.1, 0.15) is 5.82 Å². The van der Waals surface area contributed by atoms with Crippen molar-refractivity contribution >= 4 is 22.4 Å². The molecule has 1 aromatic carbocycles. The van der Waals surface area contributed by atoms with Crippen LogP contribution in [-0.2, 0) is 0 Å². The van der Waals surface area contributed by atoms with Crippen LogP contribution in [0.1, 0.15) is 6.92 Å². The highest BCUT2D eigenvalue weighted by Gasteiger charge is 2.11. The molecule has 0 aliphatic carbocycles. The van der Waals surface area contributed by atoms with Gasteiger partial charge in [0, 0.05) is 17.5 Å². The van der Waals surface area contributed by atoms with Crippen LogP contribution in [0.2, 0.25) is 0 Å². The highest BCUT2D eigenvalue weighted by Crippen LogP contribution is 2.24. The molecule has 0 saturated carbocycles. The Hall–Kier alpha value is -2.44. The van der Waals surface area contributed by atoms with Crippen molar-refractivity contribution in [3.8, 4) is 6.01 Å². The number of nitro benzene ring substituents is 1. The predicted octanol–water partition coefficient (Wildman–Crippen LogP) is 1.52. The van der Waals surface area contributed by atoms with Gasteiger partial charge in [-0.15, -0.1) is 0 Å². The van der Waals surface area contributed by atoms with E-state index in [4.69, 9.17) is 10.5 Å². The highest BCUT2D eigenvalue weighted by atomic mass is 16.6. The Kier molecular flexibility index (Phi) is 2.73. The Labute approximate surface area is 96.4 Å². The van der Waals surface area contributed by atoms with Crippen molar-refractivity contribution in [3.63, 3.8) is 0 Å². The number of non-ortho nitro benzene ring substituents is 1. The van der Waals surface area contributed by atoms with Gasteiger partial charge < -0.3 is 10.5 Å². The average Bonchev–Trinajstić information content (AvgIpc) is 2.29. The van der Waals surface area contributed by atoms with E-state index in [2.05, 4.69) is 9.97 Å². The topological polar surface area (TPSA) is 104 Å². The van der Waals surface area contributed by atoms with Gasteiger partial charge in [-0.05, 0) is 13.0 Å². The van der Waals surface area contributed by atoms with Crippen molar-refractivity contribution < 1.29 is 9.66 Å². The summed E-state index contributed by atoms with van der Waals surface area (Å²) < 4.78 is 5.14. The van der Waals surface area contributed by atoms with Crippen LogP contribution in [-0.4, -0.2) is 21.5 Å². The van der Waals surface area contributed by atoms with E-state index in [9.17, 15) is 10.1 Å². The molecule has 0 amide bonds. The first-order valence-corrected chi connectivity index (χ1v) is 4.96. The van der Waals surface area contributed by atoms with Gasteiger partial charge in [0.2, 0.25) is 0 Å². The quantitative estimate of drug-likeness (QED) is 0.637. The number of hydrogen-bond donors (Lipinski definition) is 1. The number of benzene rings is 1. The largest absolute Gasteiger partial charge is 0.464 e. The number of fused-ring (bicyclic) bond motifs is 1. The van der Waals surface area contributed by atoms with Crippen LogP contribution in [0, 0.1) is 10.1 Å². The summed E-state index contributed by atoms with van der Waals surface area (Å²) in [5.41, 5.74) is 6.18. The monoisotopic (exact) mass is 234 g/mol. The fraction of sp³-hybridized carbons (Fsp3) is 0.200. The molecular formula is C10H10N4O3. The Morgan fingerprint density at radius 1 is 1.47 bits per heavy atom. The highest BCUT2D eigenvalue weighted by molar-refractivity contribution is 5.90. The molecule has 0 fully saturated rings. The van der Waals surface area contributed by atoms with Crippen LogP contribution in [0.25, 0.3) is 10.9 Å². The lowest BCUT2D eigenvalue weighted by Crippen LogP contribution is -2.01. The maximum absolute atomic E-state index is 10.6. The summed E-state index contributed by atoms with van der Waals surface area (Å²) in [6.45, 7) is 2.23. The molecular weight excluding hydrogens is 224 g/mol. The molecule has 0 radical (unpaired) electrons. The molecule has 0 aliphatic rings. The van der Waals surface area contributed by atoms with Crippen molar-refractivity contribution in [1.82, 2.24) is 9.97 Å². The number of hydrogen-bond acceptors (Lipinski definition) is 6. The van der Waals surface area contributed by atoms with Crippen LogP contribution in [0.4, 0.5) is 11.5 Å². The molecule has 0 spiro atoms. The third-order valence-electron chi connectivity index (χ3n) is 2.17. The molecule has 1 aromatic heterocycles. The number of nitrogens with zero attached hydrogens (tertiary/aromatic N) is 3. The summed E-state index contributed by atoms with van der Waals surface area (Å²) in [6, 6.07) is 4.41. The zero-order valence-electron chi connectivity index (χ0n) is 9.08. The standard InChI is InChI=1S/C10H10N4O3/c1-2-17-10-12-8-4-3-6(14(15)16)5-7(8)9(11)13-10/h3-5H,2H2,1H3,(H2,11,12,13). The lowest BCUT2D eigenvalue weighted by molar-refractivity contribution is -0.384. The molecule has 0 saturated heterocycles. The minimum atomic E-state index is -0.491. The van der Waals surface area contributed by atoms with Crippen molar-refractivity contribution in [3.05, 3.63) is 28.3 Å². The maximum Gasteiger partial charge on any atom is 0.318 e. The van der Waals surface area contributed by atoms with E-state index in [1.807, 2.05) is 0 Å². The Morgan fingerprint density at radius 2 is 2.24 bits per heavy atom. The van der Waals surface area contributed by atoms with Crippen molar-refractivity contribution in [1.29, 1.82) is 0 Å². The molecule has 1 heterocycles. The number of nitrogens with two attached hydrogens (primary N) is 1. The summed E-state index contributed by atoms with van der Waals surface area (Å²) >= 11 is 0. The molecule has 0 aliphatic heterocycles. The lowest BCUT2D eigenvalue weighted by atomic mass is 10.2. The van der Waals surface area contributed by atoms with E-state index in [-0.39, 0.29) is 17.5 Å². The molecule has 7 nitrogen and oxygen atoms in total. The number of aromatic nitrogens is 2. The minimum Gasteiger partial charge on any atom is -0.464 e. The minimum absolute atomic E-state index is 0.0445. The fourth-order valence-corrected chi connectivity index (χ4v) is 1.43. The zero-order valence-corrected chi connectivity index (χ0v) is 9.08. The van der Waals surface area contributed by atoms with Crippen molar-refractivity contribution in [2.75, 3.05) is 12.3 Å². The van der Waals surface area contributed by atoms with Crippen LogP contribution in [0.15, 0.2) is 18.2 Å². The molecule has 0 unspecified atom stereocenters. The van der Waals surface area contributed by atoms with Gasteiger partial charge in [0.15, 0.2) is 0 Å². The fourth-order valence-electron chi connectivity index (χ4n) is 1.43. The second-order valence-electron chi connectivity index (χ2n) is 3.28. The molecule has 7 heteroatoms. The summed E-state index contributed by atoms with van der Waals surface area (Å²) in [5, 5.41) is 11.1. The Morgan fingerprint density at radius 3 is 2.88 bits per heavy atom. The van der Waals surface area contributed by atoms with E-state index in [1.165, 1.54) is 18.2 Å². The molecule has 0 bridgehead atoms. The van der Waals surface area contributed by atoms with E-state index in [0.717, 1.165) is 0 Å². The third-order valence-corrected chi connectivity index (χ3v) is 2.17. The first-order chi connectivity index (χ1) is 8.11. The number of anilines is 1. The smallest absolute Gasteiger partial charge is 0.318 e. The zero-order chi connectivity index (χ0) is 12.4. The van der Waals surface area contributed by atoms with Gasteiger partial charge >= 0.3 is 6.01 Å². The normalized spacial score (nSPS) is 10.4. The van der Waals surface area contributed by atoms with Crippen molar-refractivity contribution in [2.45, 2.75) is 6.92 Å². The summed E-state index contributed by atoms with van der Waals surface area (Å²) in [7, 11) is 0. The number of nitrogen functional groups attached to an aromatic ring is 1. The van der Waals surface area contributed by atoms with Crippen LogP contribution in [0.3, 0.4) is 0 Å². The molecule has 17 heavy (non-hydrogen) atoms. The van der Waals surface area contributed by atoms with Gasteiger partial charge in [-0.3, -0.25) is 10.1 Å². The summed E-state index contributed by atoms with van der Waals surface area (Å²) in [4.78, 5) is 18.1. The number of ether oxygens (including phenoxy) is 1.